The van der Waals surface area contributed by atoms with Crippen LogP contribution in [0.1, 0.15) is 0 Å². The Labute approximate surface area is 97.2 Å². The van der Waals surface area contributed by atoms with Crippen LogP contribution in [0.5, 0.6) is 0 Å². The molecule has 1 aliphatic heterocycles. The molecule has 0 bridgehead atoms. The molecule has 0 radical (unpaired) electrons. The highest BCUT2D eigenvalue weighted by atomic mass is 31.3. The maximum Gasteiger partial charge on any atom is 0.412 e. The van der Waals surface area contributed by atoms with Gasteiger partial charge >= 0.3 is 29.4 Å². The molecule has 3 atom stereocenters. The Balaban J connectivity index is 3.17. The van der Waals surface area contributed by atoms with E-state index in [-0.39, 0.29) is 0 Å². The van der Waals surface area contributed by atoms with Crippen molar-refractivity contribution in [2.24, 2.45) is 13.5 Å². The van der Waals surface area contributed by atoms with E-state index in [0.29, 0.717) is 7.11 Å². The fourth-order valence-electron chi connectivity index (χ4n) is 0.750. The fraction of sp³-hybridized carbons (Fsp3) is 1.00. The highest BCUT2D eigenvalue weighted by Gasteiger charge is 2.41. The number of nitrogens with zero attached hydrogens (tertiary/aromatic N) is 3. The highest BCUT2D eigenvalue weighted by molar-refractivity contribution is 7.77. The molecule has 0 aliphatic carbocycles. The molecule has 0 fully saturated rings. The van der Waals surface area contributed by atoms with Gasteiger partial charge in [0.2, 0.25) is 0 Å². The summed E-state index contributed by atoms with van der Waals surface area (Å²) in [6.45, 7) is -2.16. The van der Waals surface area contributed by atoms with Crippen LogP contribution in [0.4, 0.5) is 25.8 Å². The molecule has 0 aromatic heterocycles. The second-order valence-corrected chi connectivity index (χ2v) is 8.43. The predicted molar refractivity (Wildman–Crippen MR) is 52.6 cm³/mol. The summed E-state index contributed by atoms with van der Waals surface area (Å²) in [5.74, 6) is 0. The lowest BCUT2D eigenvalue weighted by Gasteiger charge is -2.20. The van der Waals surface area contributed by atoms with Crippen molar-refractivity contribution in [1.82, 2.24) is 0 Å². The first-order chi connectivity index (χ1) is 7.89. The predicted octanol–water partition coefficient (Wildman–Crippen LogP) is 4.96. The van der Waals surface area contributed by atoms with E-state index in [1.165, 1.54) is 0 Å². The van der Waals surface area contributed by atoms with Crippen molar-refractivity contribution in [2.75, 3.05) is 13.7 Å². The van der Waals surface area contributed by atoms with E-state index in [0.717, 1.165) is 0 Å². The maximum atomic E-state index is 13.6. The normalized spacial score (nSPS) is 40.7. The van der Waals surface area contributed by atoms with Crippen LogP contribution in [-0.4, -0.2) is 24.8 Å². The van der Waals surface area contributed by atoms with E-state index in [4.69, 9.17) is 4.89 Å². The van der Waals surface area contributed by atoms with Crippen LogP contribution in [0.25, 0.3) is 0 Å². The standard InChI is InChI=1S/C3H6F6N3O3P3/c1-14-17(8)10-16(7,13)11-18(9,12-17)15-2-3(4,5)6/h13H,2H2,1H3. The third kappa shape index (κ3) is 4.68. The lowest BCUT2D eigenvalue weighted by molar-refractivity contribution is -0.153. The molecule has 108 valence electrons. The molecule has 0 amide bonds. The van der Waals surface area contributed by atoms with Gasteiger partial charge in [-0.05, 0) is 0 Å². The summed E-state index contributed by atoms with van der Waals surface area (Å²) < 4.78 is 90.3. The summed E-state index contributed by atoms with van der Waals surface area (Å²) in [7, 11) is -14.9. The second kappa shape index (κ2) is 4.92. The molecule has 6 nitrogen and oxygen atoms in total. The van der Waals surface area contributed by atoms with Crippen molar-refractivity contribution in [3.63, 3.8) is 0 Å². The Morgan fingerprint density at radius 2 is 1.61 bits per heavy atom. The zero-order valence-electron chi connectivity index (χ0n) is 8.42. The molecular formula is C3H6F6N3O3P3. The van der Waals surface area contributed by atoms with Crippen LogP contribution in [0, 0.1) is 0 Å². The van der Waals surface area contributed by atoms with Crippen LogP contribution in [0.15, 0.2) is 13.5 Å². The molecular weight excluding hydrogens is 333 g/mol. The van der Waals surface area contributed by atoms with Gasteiger partial charge in [0.25, 0.3) is 0 Å². The van der Waals surface area contributed by atoms with Crippen LogP contribution in [-0.2, 0) is 9.05 Å². The Morgan fingerprint density at radius 1 is 1.06 bits per heavy atom. The molecule has 0 saturated heterocycles. The number of halogens is 6. The van der Waals surface area contributed by atoms with Gasteiger partial charge in [0.15, 0.2) is 6.61 Å². The van der Waals surface area contributed by atoms with E-state index in [2.05, 4.69) is 22.6 Å². The Morgan fingerprint density at radius 3 is 2.06 bits per heavy atom. The van der Waals surface area contributed by atoms with Crippen LogP contribution >= 0.6 is 23.2 Å². The van der Waals surface area contributed by atoms with Crippen molar-refractivity contribution in [3.05, 3.63) is 0 Å². The first kappa shape index (κ1) is 16.2. The quantitative estimate of drug-likeness (QED) is 0.583. The number of rotatable bonds is 3. The maximum absolute atomic E-state index is 13.6. The third-order valence-corrected chi connectivity index (χ3v) is 7.57. The van der Waals surface area contributed by atoms with E-state index in [1.807, 2.05) is 0 Å². The SMILES string of the molecule is COP1(F)=NP(F)(OCC(F)(F)F)=NP(O)(F)=N1. The van der Waals surface area contributed by atoms with Crippen LogP contribution in [0.2, 0.25) is 0 Å². The van der Waals surface area contributed by atoms with Gasteiger partial charge < -0.3 is 9.42 Å². The molecule has 0 spiro atoms. The fourth-order valence-corrected chi connectivity index (χ4v) is 6.79. The zero-order valence-corrected chi connectivity index (χ0v) is 11.1. The molecule has 1 rings (SSSR count). The highest BCUT2D eigenvalue weighted by Crippen LogP contribution is 2.79. The zero-order chi connectivity index (χ0) is 14.2. The van der Waals surface area contributed by atoms with E-state index < -0.39 is 36.0 Å². The molecule has 1 N–H and O–H groups in total. The Bertz CT molecular complexity index is 495. The van der Waals surface area contributed by atoms with Gasteiger partial charge in [-0.25, -0.2) is 0 Å². The van der Waals surface area contributed by atoms with Crippen molar-refractivity contribution >= 4 is 23.2 Å². The number of hydrogen-bond acceptors (Lipinski definition) is 5. The summed E-state index contributed by atoms with van der Waals surface area (Å²) in [5.41, 5.74) is 0. The molecule has 3 unspecified atom stereocenters. The second-order valence-electron chi connectivity index (χ2n) is 2.78. The average molecular weight is 339 g/mol. The van der Waals surface area contributed by atoms with Gasteiger partial charge in [-0.3, -0.25) is 4.52 Å². The molecule has 15 heteroatoms. The van der Waals surface area contributed by atoms with Crippen molar-refractivity contribution < 1.29 is 39.7 Å². The number of hydrogen-bond donors (Lipinski definition) is 1. The molecule has 0 aromatic rings. The Hall–Kier alpha value is 0.150. The van der Waals surface area contributed by atoms with E-state index in [1.54, 1.807) is 0 Å². The van der Waals surface area contributed by atoms with Crippen molar-refractivity contribution in [2.45, 2.75) is 6.18 Å². The van der Waals surface area contributed by atoms with Gasteiger partial charge in [0, 0.05) is 7.11 Å². The minimum atomic E-state index is -5.31. The lowest BCUT2D eigenvalue weighted by Crippen LogP contribution is -2.15. The van der Waals surface area contributed by atoms with Crippen LogP contribution < -0.4 is 0 Å². The van der Waals surface area contributed by atoms with E-state index in [9.17, 15) is 25.8 Å². The average Bonchev–Trinajstić information content (AvgIpc) is 2.10. The minimum Gasteiger partial charge on any atom is -0.319 e. The largest absolute Gasteiger partial charge is 0.412 e. The first-order valence-electron chi connectivity index (χ1n) is 3.89. The topological polar surface area (TPSA) is 75.8 Å². The molecule has 1 aliphatic rings. The van der Waals surface area contributed by atoms with Gasteiger partial charge in [0.1, 0.15) is 0 Å². The van der Waals surface area contributed by atoms with Crippen molar-refractivity contribution in [1.29, 1.82) is 0 Å². The first-order valence-corrected chi connectivity index (χ1v) is 8.43. The summed E-state index contributed by atoms with van der Waals surface area (Å²) >= 11 is 0. The summed E-state index contributed by atoms with van der Waals surface area (Å²) in [4.78, 5) is 8.79. The van der Waals surface area contributed by atoms with Gasteiger partial charge in [-0.15, -0.1) is 13.5 Å². The molecule has 18 heavy (non-hydrogen) atoms. The van der Waals surface area contributed by atoms with Gasteiger partial charge in [-0.2, -0.15) is 25.8 Å². The summed E-state index contributed by atoms with van der Waals surface area (Å²) in [6, 6.07) is 0. The van der Waals surface area contributed by atoms with Crippen molar-refractivity contribution in [3.8, 4) is 0 Å². The number of alkyl halides is 3. The van der Waals surface area contributed by atoms with Crippen LogP contribution in [0.3, 0.4) is 0 Å². The molecule has 0 saturated carbocycles. The van der Waals surface area contributed by atoms with Gasteiger partial charge in [0.05, 0.1) is 0 Å². The summed E-state index contributed by atoms with van der Waals surface area (Å²) in [6.07, 6.45) is -4.95. The smallest absolute Gasteiger partial charge is 0.319 e. The molecule has 0 aromatic carbocycles. The minimum absolute atomic E-state index is 0.639. The molecule has 1 heterocycles. The van der Waals surface area contributed by atoms with E-state index >= 15 is 0 Å². The lowest BCUT2D eigenvalue weighted by atomic mass is 10.7. The third-order valence-electron chi connectivity index (χ3n) is 1.29. The monoisotopic (exact) mass is 339 g/mol. The van der Waals surface area contributed by atoms with Gasteiger partial charge in [-0.1, -0.05) is 0 Å². The Kier molecular flexibility index (Phi) is 4.43. The summed E-state index contributed by atoms with van der Waals surface area (Å²) in [5, 5.41) is 0.